The van der Waals surface area contributed by atoms with Gasteiger partial charge in [-0.25, -0.2) is 0 Å². The molecule has 0 spiro atoms. The zero-order valence-electron chi connectivity index (χ0n) is 8.25. The van der Waals surface area contributed by atoms with Crippen molar-refractivity contribution in [3.63, 3.8) is 0 Å². The van der Waals surface area contributed by atoms with Crippen molar-refractivity contribution in [1.29, 1.82) is 0 Å². The summed E-state index contributed by atoms with van der Waals surface area (Å²) in [5, 5.41) is 0. The Labute approximate surface area is 79.6 Å². The first-order chi connectivity index (χ1) is 6.16. The number of rotatable bonds is 4. The van der Waals surface area contributed by atoms with Gasteiger partial charge >= 0.3 is 0 Å². The van der Waals surface area contributed by atoms with Crippen LogP contribution in [0, 0.1) is 11.3 Å². The quantitative estimate of drug-likeness (QED) is 0.609. The van der Waals surface area contributed by atoms with Gasteiger partial charge in [0.05, 0.1) is 0 Å². The maximum absolute atomic E-state index is 11.1. The normalized spacial score (nSPS) is 37.2. The van der Waals surface area contributed by atoms with Crippen LogP contribution in [0.1, 0.15) is 19.8 Å². The predicted molar refractivity (Wildman–Crippen MR) is 52.5 cm³/mol. The van der Waals surface area contributed by atoms with Crippen LogP contribution in [0.15, 0.2) is 12.7 Å². The summed E-state index contributed by atoms with van der Waals surface area (Å²) in [6, 6.07) is 0. The van der Waals surface area contributed by atoms with Crippen LogP contribution in [0.3, 0.4) is 0 Å². The van der Waals surface area contributed by atoms with E-state index in [9.17, 15) is 4.79 Å². The highest BCUT2D eigenvalue weighted by atomic mass is 16.1. The average molecular weight is 179 g/mol. The van der Waals surface area contributed by atoms with Crippen molar-refractivity contribution in [2.75, 3.05) is 19.6 Å². The van der Waals surface area contributed by atoms with Gasteiger partial charge in [-0.3, -0.25) is 4.90 Å². The van der Waals surface area contributed by atoms with Crippen molar-refractivity contribution in [3.8, 4) is 0 Å². The second-order valence-corrected chi connectivity index (χ2v) is 4.62. The summed E-state index contributed by atoms with van der Waals surface area (Å²) in [6.07, 6.45) is 4.03. The van der Waals surface area contributed by atoms with E-state index in [0.29, 0.717) is 11.2 Å². The highest BCUT2D eigenvalue weighted by Gasteiger charge is 2.59. The molecule has 1 aliphatic carbocycles. The molecule has 13 heavy (non-hydrogen) atoms. The van der Waals surface area contributed by atoms with E-state index in [-0.39, 0.29) is 0 Å². The molecule has 0 radical (unpaired) electrons. The molecule has 0 amide bonds. The first kappa shape index (κ1) is 8.95. The van der Waals surface area contributed by atoms with Crippen LogP contribution < -0.4 is 0 Å². The molecule has 0 N–H and O–H groups in total. The Balaban J connectivity index is 1.91. The fourth-order valence-corrected chi connectivity index (χ4v) is 2.80. The third kappa shape index (κ3) is 1.55. The number of piperidine rings is 1. The summed E-state index contributed by atoms with van der Waals surface area (Å²) >= 11 is 0. The van der Waals surface area contributed by atoms with Gasteiger partial charge in [0.15, 0.2) is 0 Å². The molecule has 2 heteroatoms. The zero-order valence-corrected chi connectivity index (χ0v) is 8.25. The Bertz CT molecular complexity index is 248. The van der Waals surface area contributed by atoms with Gasteiger partial charge in [-0.2, -0.15) is 0 Å². The lowest BCUT2D eigenvalue weighted by Gasteiger charge is -2.17. The number of Topliss-reactive ketones (excluding diaryl/α,β-unsaturated/α-hetero) is 1. The minimum atomic E-state index is 0.350. The molecule has 2 aliphatic rings. The zero-order chi connectivity index (χ0) is 9.47. The number of fused-ring (bicyclic) bond motifs is 1. The highest BCUT2D eigenvalue weighted by molar-refractivity contribution is 5.77. The number of nitrogens with zero attached hydrogens (tertiary/aromatic N) is 1. The van der Waals surface area contributed by atoms with Gasteiger partial charge in [0.1, 0.15) is 5.78 Å². The van der Waals surface area contributed by atoms with Crippen molar-refractivity contribution in [1.82, 2.24) is 4.90 Å². The molecule has 1 aliphatic heterocycles. The maximum atomic E-state index is 11.1. The van der Waals surface area contributed by atoms with Crippen LogP contribution in [-0.2, 0) is 4.79 Å². The van der Waals surface area contributed by atoms with E-state index in [1.807, 2.05) is 6.08 Å². The first-order valence-corrected chi connectivity index (χ1v) is 4.99. The van der Waals surface area contributed by atoms with Gasteiger partial charge < -0.3 is 4.79 Å². The minimum absolute atomic E-state index is 0.350. The van der Waals surface area contributed by atoms with Crippen LogP contribution in [0.25, 0.3) is 0 Å². The molecular formula is C11H17NO. The molecule has 2 fully saturated rings. The average Bonchev–Trinajstić information content (AvgIpc) is 2.52. The van der Waals surface area contributed by atoms with Crippen LogP contribution >= 0.6 is 0 Å². The van der Waals surface area contributed by atoms with Crippen molar-refractivity contribution in [2.45, 2.75) is 19.8 Å². The molecule has 0 aromatic carbocycles. The van der Waals surface area contributed by atoms with Crippen molar-refractivity contribution >= 4 is 5.78 Å². The molecule has 2 nitrogen and oxygen atoms in total. The van der Waals surface area contributed by atoms with Crippen LogP contribution in [-0.4, -0.2) is 30.3 Å². The molecule has 72 valence electrons. The Hall–Kier alpha value is -0.630. The fraction of sp³-hybridized carbons (Fsp3) is 0.727. The standard InChI is InChI=1S/C11H17NO/c1-3-4-12-7-10-6-11(10,8-12)5-9(2)13/h3,10H,1,4-8H2,2H3/t10-,11+/m0/s1. The molecule has 0 unspecified atom stereocenters. The van der Waals surface area contributed by atoms with Gasteiger partial charge in [0, 0.05) is 26.1 Å². The Morgan fingerprint density at radius 3 is 3.15 bits per heavy atom. The third-order valence-corrected chi connectivity index (χ3v) is 3.36. The third-order valence-electron chi connectivity index (χ3n) is 3.36. The van der Waals surface area contributed by atoms with Gasteiger partial charge in [-0.05, 0) is 24.7 Å². The second kappa shape index (κ2) is 2.95. The molecule has 0 bridgehead atoms. The number of likely N-dealkylation sites (tertiary alicyclic amines) is 1. The summed E-state index contributed by atoms with van der Waals surface area (Å²) < 4.78 is 0. The van der Waals surface area contributed by atoms with Gasteiger partial charge in [0.2, 0.25) is 0 Å². The molecule has 2 rings (SSSR count). The smallest absolute Gasteiger partial charge is 0.130 e. The molecule has 2 atom stereocenters. The Kier molecular flexibility index (Phi) is 2.03. The monoisotopic (exact) mass is 179 g/mol. The molecule has 0 aromatic rings. The lowest BCUT2D eigenvalue weighted by molar-refractivity contribution is -0.118. The Morgan fingerprint density at radius 1 is 1.77 bits per heavy atom. The van der Waals surface area contributed by atoms with Crippen molar-refractivity contribution in [3.05, 3.63) is 12.7 Å². The Morgan fingerprint density at radius 2 is 2.54 bits per heavy atom. The highest BCUT2D eigenvalue weighted by Crippen LogP contribution is 2.59. The largest absolute Gasteiger partial charge is 0.300 e. The van der Waals surface area contributed by atoms with E-state index in [1.165, 1.54) is 13.0 Å². The lowest BCUT2D eigenvalue weighted by Crippen LogP contribution is -2.25. The topological polar surface area (TPSA) is 20.3 Å². The molecule has 1 saturated carbocycles. The maximum Gasteiger partial charge on any atom is 0.130 e. The van der Waals surface area contributed by atoms with Crippen LogP contribution in [0.5, 0.6) is 0 Å². The van der Waals surface area contributed by atoms with E-state index < -0.39 is 0 Å². The van der Waals surface area contributed by atoms with Crippen LogP contribution in [0.4, 0.5) is 0 Å². The SMILES string of the molecule is C=CCN1C[C@@H]2C[C@]2(CC(C)=O)C1. The second-order valence-electron chi connectivity index (χ2n) is 4.62. The number of ketones is 1. The molecular weight excluding hydrogens is 162 g/mol. The number of hydrogen-bond acceptors (Lipinski definition) is 2. The summed E-state index contributed by atoms with van der Waals surface area (Å²) in [5.74, 6) is 1.15. The van der Waals surface area contributed by atoms with Gasteiger partial charge in [0.25, 0.3) is 0 Å². The van der Waals surface area contributed by atoms with E-state index in [2.05, 4.69) is 11.5 Å². The van der Waals surface area contributed by atoms with Gasteiger partial charge in [-0.15, -0.1) is 6.58 Å². The molecule has 1 saturated heterocycles. The fourth-order valence-electron chi connectivity index (χ4n) is 2.80. The first-order valence-electron chi connectivity index (χ1n) is 4.99. The van der Waals surface area contributed by atoms with E-state index in [0.717, 1.165) is 25.4 Å². The predicted octanol–water partition coefficient (Wildman–Crippen LogP) is 1.47. The summed E-state index contributed by atoms with van der Waals surface area (Å²) in [4.78, 5) is 13.5. The van der Waals surface area contributed by atoms with Crippen molar-refractivity contribution in [2.24, 2.45) is 11.3 Å². The van der Waals surface area contributed by atoms with E-state index in [1.54, 1.807) is 6.92 Å². The number of hydrogen-bond donors (Lipinski definition) is 0. The summed E-state index contributed by atoms with van der Waals surface area (Å²) in [5.41, 5.74) is 0.384. The molecule has 1 heterocycles. The molecule has 0 aromatic heterocycles. The van der Waals surface area contributed by atoms with Crippen molar-refractivity contribution < 1.29 is 4.79 Å². The number of carbonyl (C=O) groups is 1. The summed E-state index contributed by atoms with van der Waals surface area (Å²) in [6.45, 7) is 8.72. The summed E-state index contributed by atoms with van der Waals surface area (Å²) in [7, 11) is 0. The van der Waals surface area contributed by atoms with Crippen LogP contribution in [0.2, 0.25) is 0 Å². The number of carbonyl (C=O) groups excluding carboxylic acids is 1. The van der Waals surface area contributed by atoms with Gasteiger partial charge in [-0.1, -0.05) is 6.08 Å². The minimum Gasteiger partial charge on any atom is -0.300 e. The lowest BCUT2D eigenvalue weighted by atomic mass is 9.99. The van der Waals surface area contributed by atoms with E-state index >= 15 is 0 Å². The van der Waals surface area contributed by atoms with E-state index in [4.69, 9.17) is 0 Å².